The number of anilines is 2. The third-order valence-electron chi connectivity index (χ3n) is 2.92. The van der Waals surface area contributed by atoms with Crippen molar-refractivity contribution in [1.29, 1.82) is 0 Å². The fraction of sp³-hybridized carbons (Fsp3) is 0.267. The summed E-state index contributed by atoms with van der Waals surface area (Å²) >= 11 is 11.9. The number of benzene rings is 1. The van der Waals surface area contributed by atoms with Gasteiger partial charge in [-0.25, -0.2) is 9.97 Å². The molecule has 1 aromatic heterocycles. The molecule has 2 rings (SSSR count). The highest BCUT2D eigenvalue weighted by molar-refractivity contribution is 6.36. The van der Waals surface area contributed by atoms with E-state index in [0.717, 1.165) is 19.4 Å². The quantitative estimate of drug-likeness (QED) is 0.772. The van der Waals surface area contributed by atoms with Crippen molar-refractivity contribution in [2.45, 2.75) is 19.8 Å². The zero-order valence-corrected chi connectivity index (χ0v) is 13.6. The Hall–Kier alpha value is -1.85. The van der Waals surface area contributed by atoms with Crippen LogP contribution in [0.3, 0.4) is 0 Å². The number of hydrogen-bond donors (Lipinski definition) is 2. The number of amides is 1. The van der Waals surface area contributed by atoms with Gasteiger partial charge in [0.05, 0.1) is 10.7 Å². The van der Waals surface area contributed by atoms with E-state index >= 15 is 0 Å². The molecular formula is C15H16Cl2N4O. The molecule has 5 nitrogen and oxygen atoms in total. The van der Waals surface area contributed by atoms with Crippen LogP contribution in [0.15, 0.2) is 30.6 Å². The second kappa shape index (κ2) is 7.96. The van der Waals surface area contributed by atoms with E-state index in [1.165, 1.54) is 6.33 Å². The molecule has 0 aliphatic heterocycles. The molecule has 7 heteroatoms. The standard InChI is InChI=1S/C15H16Cl2N4O/c1-2-3-6-18-14-8-13(19-9-20-14)15(22)21-12-5-4-10(16)7-11(12)17/h4-5,7-9H,2-3,6H2,1H3,(H,21,22)(H,18,19,20). The maximum Gasteiger partial charge on any atom is 0.274 e. The normalized spacial score (nSPS) is 10.3. The van der Waals surface area contributed by atoms with Crippen LogP contribution in [0, 0.1) is 0 Å². The lowest BCUT2D eigenvalue weighted by atomic mass is 10.3. The zero-order chi connectivity index (χ0) is 15.9. The summed E-state index contributed by atoms with van der Waals surface area (Å²) in [7, 11) is 0. The number of nitrogens with one attached hydrogen (secondary N) is 2. The molecule has 1 heterocycles. The Kier molecular flexibility index (Phi) is 5.98. The molecule has 1 amide bonds. The maximum absolute atomic E-state index is 12.2. The van der Waals surface area contributed by atoms with Gasteiger partial charge in [-0.1, -0.05) is 36.5 Å². The molecule has 2 N–H and O–H groups in total. The number of rotatable bonds is 6. The molecule has 0 aliphatic rings. The third kappa shape index (κ3) is 4.58. The maximum atomic E-state index is 12.2. The van der Waals surface area contributed by atoms with Gasteiger partial charge in [-0.15, -0.1) is 0 Å². The van der Waals surface area contributed by atoms with Crippen LogP contribution in [0.1, 0.15) is 30.3 Å². The number of hydrogen-bond acceptors (Lipinski definition) is 4. The average molecular weight is 339 g/mol. The number of carbonyl (C=O) groups excluding carboxylic acids is 1. The van der Waals surface area contributed by atoms with Crippen LogP contribution in [0.5, 0.6) is 0 Å². The van der Waals surface area contributed by atoms with Gasteiger partial charge in [-0.2, -0.15) is 0 Å². The van der Waals surface area contributed by atoms with Crippen molar-refractivity contribution in [1.82, 2.24) is 9.97 Å². The lowest BCUT2D eigenvalue weighted by Crippen LogP contribution is -2.15. The minimum atomic E-state index is -0.356. The summed E-state index contributed by atoms with van der Waals surface area (Å²) in [5.41, 5.74) is 0.746. The van der Waals surface area contributed by atoms with Gasteiger partial charge in [-0.3, -0.25) is 4.79 Å². The van der Waals surface area contributed by atoms with Crippen molar-refractivity contribution >= 4 is 40.6 Å². The summed E-state index contributed by atoms with van der Waals surface area (Å²) in [6.45, 7) is 2.91. The smallest absolute Gasteiger partial charge is 0.274 e. The summed E-state index contributed by atoms with van der Waals surface area (Å²) in [5, 5.41) is 6.73. The second-order valence-corrected chi connectivity index (χ2v) is 5.49. The highest BCUT2D eigenvalue weighted by Crippen LogP contribution is 2.25. The SMILES string of the molecule is CCCCNc1cc(C(=O)Nc2ccc(Cl)cc2Cl)ncn1. The van der Waals surface area contributed by atoms with Crippen LogP contribution in [0.4, 0.5) is 11.5 Å². The molecular weight excluding hydrogens is 323 g/mol. The first-order valence-corrected chi connectivity index (χ1v) is 7.68. The van der Waals surface area contributed by atoms with Crippen LogP contribution in [0.2, 0.25) is 10.0 Å². The van der Waals surface area contributed by atoms with Crippen LogP contribution in [-0.2, 0) is 0 Å². The Balaban J connectivity index is 2.07. The van der Waals surface area contributed by atoms with E-state index in [-0.39, 0.29) is 11.6 Å². The minimum absolute atomic E-state index is 0.264. The van der Waals surface area contributed by atoms with Crippen molar-refractivity contribution in [3.63, 3.8) is 0 Å². The predicted molar refractivity (Wildman–Crippen MR) is 89.8 cm³/mol. The average Bonchev–Trinajstić information content (AvgIpc) is 2.50. The lowest BCUT2D eigenvalue weighted by Gasteiger charge is -2.08. The summed E-state index contributed by atoms with van der Waals surface area (Å²) < 4.78 is 0. The Labute approximate surface area is 139 Å². The number of nitrogens with zero attached hydrogens (tertiary/aromatic N) is 2. The van der Waals surface area contributed by atoms with E-state index in [1.54, 1.807) is 24.3 Å². The molecule has 0 spiro atoms. The molecule has 0 unspecified atom stereocenters. The molecule has 0 saturated heterocycles. The number of halogens is 2. The molecule has 0 atom stereocenters. The molecule has 1 aromatic carbocycles. The van der Waals surface area contributed by atoms with Gasteiger partial charge in [0.1, 0.15) is 17.8 Å². The molecule has 0 bridgehead atoms. The second-order valence-electron chi connectivity index (χ2n) is 4.65. The van der Waals surface area contributed by atoms with Crippen molar-refractivity contribution in [3.8, 4) is 0 Å². The molecule has 22 heavy (non-hydrogen) atoms. The van der Waals surface area contributed by atoms with E-state index < -0.39 is 0 Å². The van der Waals surface area contributed by atoms with E-state index in [9.17, 15) is 4.79 Å². The fourth-order valence-corrected chi connectivity index (χ4v) is 2.20. The van der Waals surface area contributed by atoms with Crippen molar-refractivity contribution in [2.75, 3.05) is 17.2 Å². The molecule has 0 fully saturated rings. The van der Waals surface area contributed by atoms with Crippen LogP contribution < -0.4 is 10.6 Å². The molecule has 0 aliphatic carbocycles. The van der Waals surface area contributed by atoms with Gasteiger partial charge in [0.25, 0.3) is 5.91 Å². The van der Waals surface area contributed by atoms with Gasteiger partial charge in [-0.05, 0) is 24.6 Å². The third-order valence-corrected chi connectivity index (χ3v) is 3.46. The largest absolute Gasteiger partial charge is 0.370 e. The number of unbranched alkanes of at least 4 members (excludes halogenated alkanes) is 1. The van der Waals surface area contributed by atoms with E-state index in [4.69, 9.17) is 23.2 Å². The molecule has 116 valence electrons. The Bertz CT molecular complexity index is 664. The monoisotopic (exact) mass is 338 g/mol. The van der Waals surface area contributed by atoms with Crippen LogP contribution in [-0.4, -0.2) is 22.4 Å². The Morgan fingerprint density at radius 1 is 1.23 bits per heavy atom. The van der Waals surface area contributed by atoms with Crippen molar-refractivity contribution in [2.24, 2.45) is 0 Å². The van der Waals surface area contributed by atoms with E-state index in [2.05, 4.69) is 27.5 Å². The van der Waals surface area contributed by atoms with E-state index in [0.29, 0.717) is 21.6 Å². The van der Waals surface area contributed by atoms with Crippen molar-refractivity contribution in [3.05, 3.63) is 46.3 Å². The first-order valence-electron chi connectivity index (χ1n) is 6.92. The van der Waals surface area contributed by atoms with Gasteiger partial charge in [0.15, 0.2) is 0 Å². The summed E-state index contributed by atoms with van der Waals surface area (Å²) in [6, 6.07) is 6.47. The van der Waals surface area contributed by atoms with Gasteiger partial charge >= 0.3 is 0 Å². The summed E-state index contributed by atoms with van der Waals surface area (Å²) in [6.07, 6.45) is 3.47. The molecule has 0 saturated carbocycles. The lowest BCUT2D eigenvalue weighted by molar-refractivity contribution is 0.102. The predicted octanol–water partition coefficient (Wildman–Crippen LogP) is 4.25. The minimum Gasteiger partial charge on any atom is -0.370 e. The zero-order valence-electron chi connectivity index (χ0n) is 12.1. The summed E-state index contributed by atoms with van der Waals surface area (Å²) in [5.74, 6) is 0.265. The first kappa shape index (κ1) is 16.5. The summed E-state index contributed by atoms with van der Waals surface area (Å²) in [4.78, 5) is 20.3. The Morgan fingerprint density at radius 2 is 2.05 bits per heavy atom. The van der Waals surface area contributed by atoms with E-state index in [1.807, 2.05) is 0 Å². The number of aromatic nitrogens is 2. The van der Waals surface area contributed by atoms with Gasteiger partial charge in [0, 0.05) is 17.6 Å². The van der Waals surface area contributed by atoms with Crippen LogP contribution in [0.25, 0.3) is 0 Å². The van der Waals surface area contributed by atoms with Gasteiger partial charge in [0.2, 0.25) is 0 Å². The fourth-order valence-electron chi connectivity index (χ4n) is 1.75. The van der Waals surface area contributed by atoms with Crippen LogP contribution >= 0.6 is 23.2 Å². The molecule has 2 aromatic rings. The Morgan fingerprint density at radius 3 is 2.77 bits per heavy atom. The highest BCUT2D eigenvalue weighted by Gasteiger charge is 2.11. The topological polar surface area (TPSA) is 66.9 Å². The highest BCUT2D eigenvalue weighted by atomic mass is 35.5. The van der Waals surface area contributed by atoms with Crippen molar-refractivity contribution < 1.29 is 4.79 Å². The number of carbonyl (C=O) groups is 1. The first-order chi connectivity index (χ1) is 10.6. The molecule has 0 radical (unpaired) electrons. The van der Waals surface area contributed by atoms with Gasteiger partial charge < -0.3 is 10.6 Å².